The number of hydrogen-bond donors (Lipinski definition) is 3. The summed E-state index contributed by atoms with van der Waals surface area (Å²) in [7, 11) is 1.38. The summed E-state index contributed by atoms with van der Waals surface area (Å²) < 4.78 is 28.9. The van der Waals surface area contributed by atoms with Crippen molar-refractivity contribution < 1.29 is 48.1 Å². The lowest BCUT2D eigenvalue weighted by Crippen LogP contribution is -2.51. The van der Waals surface area contributed by atoms with Crippen LogP contribution in [0.15, 0.2) is 12.1 Å². The molecule has 3 N–H and O–H groups in total. The van der Waals surface area contributed by atoms with E-state index in [1.165, 1.54) is 19.2 Å². The van der Waals surface area contributed by atoms with Crippen molar-refractivity contribution in [3.63, 3.8) is 0 Å². The largest absolute Gasteiger partial charge is 0.493 e. The number of hydrogen-bond acceptors (Lipinski definition) is 11. The molecule has 0 aromatic heterocycles. The summed E-state index contributed by atoms with van der Waals surface area (Å²) in [5.74, 6) is -0.0689. The van der Waals surface area contributed by atoms with Gasteiger partial charge in [-0.2, -0.15) is 0 Å². The van der Waals surface area contributed by atoms with Gasteiger partial charge in [0, 0.05) is 38.0 Å². The Bertz CT molecular complexity index is 1290. The number of ketones is 1. The molecule has 0 spiro atoms. The molecule has 51 heavy (non-hydrogen) atoms. The number of nitrogens with zero attached hydrogens (tertiary/aromatic N) is 1. The first kappa shape index (κ1) is 45.7. The van der Waals surface area contributed by atoms with E-state index in [1.807, 2.05) is 55.4 Å². The van der Waals surface area contributed by atoms with Gasteiger partial charge in [-0.3, -0.25) is 24.5 Å². The van der Waals surface area contributed by atoms with E-state index >= 15 is 0 Å². The monoisotopic (exact) mass is 725 g/mol. The summed E-state index contributed by atoms with van der Waals surface area (Å²) in [6, 6.07) is 2.54. The number of ether oxygens (including phenoxy) is 5. The molecule has 0 unspecified atom stereocenters. The second-order valence-corrected chi connectivity index (χ2v) is 15.1. The lowest BCUT2D eigenvalue weighted by molar-refractivity contribution is -0.385. The fourth-order valence-electron chi connectivity index (χ4n) is 4.90. The highest BCUT2D eigenvalue weighted by molar-refractivity contribution is 5.86. The number of aliphatic hydroxyl groups excluding tert-OH is 1. The molecule has 0 aliphatic rings. The second-order valence-electron chi connectivity index (χ2n) is 15.1. The van der Waals surface area contributed by atoms with Crippen molar-refractivity contribution in [1.29, 1.82) is 0 Å². The number of nitro groups is 1. The highest BCUT2D eigenvalue weighted by atomic mass is 16.6. The van der Waals surface area contributed by atoms with Crippen LogP contribution < -0.4 is 20.1 Å². The van der Waals surface area contributed by atoms with Gasteiger partial charge in [-0.1, -0.05) is 20.3 Å². The normalized spacial score (nSPS) is 12.5. The third kappa shape index (κ3) is 15.4. The number of methoxy groups -OCH3 is 1. The smallest absolute Gasteiger partial charge is 0.278 e. The van der Waals surface area contributed by atoms with Crippen molar-refractivity contribution in [3.05, 3.63) is 27.8 Å². The molecule has 0 saturated heterocycles. The maximum atomic E-state index is 12.9. The number of nitrogens with one attached hydrogen (secondary N) is 2. The number of amides is 2. The predicted molar refractivity (Wildman–Crippen MR) is 194 cm³/mol. The average molecular weight is 726 g/mol. The van der Waals surface area contributed by atoms with Gasteiger partial charge in [0.05, 0.1) is 55.2 Å². The third-order valence-electron chi connectivity index (χ3n) is 8.95. The number of rotatable bonds is 26. The van der Waals surface area contributed by atoms with Crippen LogP contribution in [0.4, 0.5) is 5.69 Å². The highest BCUT2D eigenvalue weighted by Gasteiger charge is 2.41. The second kappa shape index (κ2) is 20.6. The Morgan fingerprint density at radius 3 is 2.08 bits per heavy atom. The number of aliphatic hydroxyl groups is 1. The van der Waals surface area contributed by atoms with Gasteiger partial charge in [0.2, 0.25) is 5.91 Å². The highest BCUT2D eigenvalue weighted by Crippen LogP contribution is 2.36. The van der Waals surface area contributed by atoms with Crippen LogP contribution in [0.2, 0.25) is 0 Å². The topological polar surface area (TPSA) is 185 Å². The van der Waals surface area contributed by atoms with Gasteiger partial charge in [0.15, 0.2) is 17.3 Å². The summed E-state index contributed by atoms with van der Waals surface area (Å²) in [6.45, 7) is 19.8. The molecule has 292 valence electrons. The van der Waals surface area contributed by atoms with E-state index in [4.69, 9.17) is 23.7 Å². The summed E-state index contributed by atoms with van der Waals surface area (Å²) in [6.07, 6.45) is 3.40. The Balaban J connectivity index is 2.40. The molecule has 1 aromatic carbocycles. The molecule has 0 aliphatic heterocycles. The van der Waals surface area contributed by atoms with E-state index < -0.39 is 33.7 Å². The first-order valence-corrected chi connectivity index (χ1v) is 17.7. The average Bonchev–Trinajstić information content (AvgIpc) is 3.04. The summed E-state index contributed by atoms with van der Waals surface area (Å²) in [4.78, 5) is 48.4. The van der Waals surface area contributed by atoms with Gasteiger partial charge in [-0.15, -0.1) is 0 Å². The molecule has 0 radical (unpaired) electrons. The molecule has 0 saturated carbocycles. The van der Waals surface area contributed by atoms with Gasteiger partial charge < -0.3 is 39.4 Å². The van der Waals surface area contributed by atoms with E-state index in [0.29, 0.717) is 19.4 Å². The molecule has 0 aliphatic carbocycles. The van der Waals surface area contributed by atoms with Crippen molar-refractivity contribution >= 4 is 23.3 Å². The predicted octanol–water partition coefficient (Wildman–Crippen LogP) is 5.44. The third-order valence-corrected chi connectivity index (χ3v) is 8.95. The Kier molecular flexibility index (Phi) is 18.5. The molecular weight excluding hydrogens is 662 g/mol. The molecule has 0 fully saturated rings. The van der Waals surface area contributed by atoms with Crippen LogP contribution in [0.25, 0.3) is 0 Å². The van der Waals surface area contributed by atoms with E-state index in [9.17, 15) is 29.6 Å². The molecule has 2 amide bonds. The quantitative estimate of drug-likeness (QED) is 0.0628. The van der Waals surface area contributed by atoms with E-state index in [-0.39, 0.29) is 79.2 Å². The van der Waals surface area contributed by atoms with Crippen LogP contribution in [0, 0.1) is 15.5 Å². The Labute approximate surface area is 303 Å². The molecule has 0 atom stereocenters. The number of nitro benzene ring substituents is 1. The van der Waals surface area contributed by atoms with Crippen LogP contribution >= 0.6 is 0 Å². The maximum absolute atomic E-state index is 12.9. The van der Waals surface area contributed by atoms with Crippen LogP contribution in [-0.2, 0) is 35.2 Å². The lowest BCUT2D eigenvalue weighted by atomic mass is 9.77. The van der Waals surface area contributed by atoms with E-state index in [1.54, 1.807) is 13.8 Å². The van der Waals surface area contributed by atoms with Gasteiger partial charge in [0.25, 0.3) is 11.6 Å². The minimum atomic E-state index is -1.13. The van der Waals surface area contributed by atoms with Crippen LogP contribution in [0.3, 0.4) is 0 Å². The number of unbranched alkanes of at least 4 members (excludes halogenated alkanes) is 2. The minimum Gasteiger partial charge on any atom is -0.493 e. The Hall–Kier alpha value is -3.33. The molecule has 0 bridgehead atoms. The molecule has 1 aromatic rings. The number of Topliss-reactive ketones (excluding diaryl/α,β-unsaturated/α-hetero) is 1. The molecular formula is C37H63N3O11. The first-order valence-electron chi connectivity index (χ1n) is 17.7. The lowest BCUT2D eigenvalue weighted by Gasteiger charge is -2.42. The number of benzene rings is 1. The van der Waals surface area contributed by atoms with Gasteiger partial charge in [0.1, 0.15) is 11.2 Å². The molecule has 0 heterocycles. The van der Waals surface area contributed by atoms with E-state index in [2.05, 4.69) is 10.6 Å². The van der Waals surface area contributed by atoms with Gasteiger partial charge >= 0.3 is 0 Å². The summed E-state index contributed by atoms with van der Waals surface area (Å²) in [5, 5.41) is 26.2. The standard InChI is InChI=1S/C37H63N3O11/c1-26(2)51-35(5,6)31(42)16-13-12-14-21-49-37(9,10)34(3,4)25-50-36(7,8)33(44)39-19-18-38-32(43)17-15-20-48-30-23-28(40(45)46)27(24-41)22-29(30)47-11/h22-23,26,41H,12-21,24-25H2,1-11H3,(H,38,43)(H,39,44). The van der Waals surface area contributed by atoms with E-state index in [0.717, 1.165) is 19.3 Å². The zero-order valence-electron chi connectivity index (χ0n) is 32.7. The van der Waals surface area contributed by atoms with Crippen LogP contribution in [0.1, 0.15) is 113 Å². The van der Waals surface area contributed by atoms with Crippen molar-refractivity contribution in [2.24, 2.45) is 5.41 Å². The molecule has 14 heteroatoms. The zero-order chi connectivity index (χ0) is 39.0. The fraction of sp³-hybridized carbons (Fsp3) is 0.757. The Morgan fingerprint density at radius 2 is 1.49 bits per heavy atom. The fourth-order valence-corrected chi connectivity index (χ4v) is 4.90. The SMILES string of the molecule is COc1cc(CO)c([N+](=O)[O-])cc1OCCCC(=O)NCCNC(=O)C(C)(C)OCC(C)(C)C(C)(C)OCCCCCC(=O)C(C)(C)OC(C)C. The molecule has 14 nitrogen and oxygen atoms in total. The summed E-state index contributed by atoms with van der Waals surface area (Å²) >= 11 is 0. The van der Waals surface area contributed by atoms with Crippen molar-refractivity contribution in [1.82, 2.24) is 10.6 Å². The van der Waals surface area contributed by atoms with Crippen molar-refractivity contribution in [2.75, 3.05) is 40.0 Å². The first-order chi connectivity index (χ1) is 23.6. The Morgan fingerprint density at radius 1 is 0.843 bits per heavy atom. The van der Waals surface area contributed by atoms with Crippen LogP contribution in [-0.4, -0.2) is 90.6 Å². The minimum absolute atomic E-state index is 0.00827. The van der Waals surface area contributed by atoms with Crippen molar-refractivity contribution in [2.45, 2.75) is 137 Å². The molecule has 1 rings (SSSR count). The maximum Gasteiger partial charge on any atom is 0.278 e. The summed E-state index contributed by atoms with van der Waals surface area (Å²) in [5.41, 5.74) is -3.07. The van der Waals surface area contributed by atoms with Crippen molar-refractivity contribution in [3.8, 4) is 11.5 Å². The van der Waals surface area contributed by atoms with Crippen LogP contribution in [0.5, 0.6) is 11.5 Å². The number of carbonyl (C=O) groups excluding carboxylic acids is 3. The zero-order valence-corrected chi connectivity index (χ0v) is 32.7. The van der Waals surface area contributed by atoms with Gasteiger partial charge in [-0.05, 0) is 80.7 Å². The van der Waals surface area contributed by atoms with Gasteiger partial charge in [-0.25, -0.2) is 0 Å². The number of carbonyl (C=O) groups is 3.